The van der Waals surface area contributed by atoms with Gasteiger partial charge in [0.15, 0.2) is 0 Å². The summed E-state index contributed by atoms with van der Waals surface area (Å²) in [6, 6.07) is 3.69. The molecule has 3 rings (SSSR count). The third-order valence-corrected chi connectivity index (χ3v) is 7.72. The third kappa shape index (κ3) is 3.08. The van der Waals surface area contributed by atoms with E-state index >= 15 is 0 Å². The lowest BCUT2D eigenvalue weighted by Crippen LogP contribution is -2.48. The van der Waals surface area contributed by atoms with Gasteiger partial charge in [-0.1, -0.05) is 6.92 Å². The molecule has 0 spiro atoms. The summed E-state index contributed by atoms with van der Waals surface area (Å²) in [6.07, 6.45) is 3.61. The van der Waals surface area contributed by atoms with Crippen LogP contribution in [0.25, 0.3) is 0 Å². The summed E-state index contributed by atoms with van der Waals surface area (Å²) in [5.74, 6) is 0.877. The van der Waals surface area contributed by atoms with Gasteiger partial charge < -0.3 is 4.90 Å². The fraction of sp³-hybridized carbons (Fsp3) is 0.714. The molecule has 2 fully saturated rings. The number of hydrogen-bond donors (Lipinski definition) is 0. The van der Waals surface area contributed by atoms with Gasteiger partial charge in [0.1, 0.15) is 4.21 Å². The van der Waals surface area contributed by atoms with Crippen molar-refractivity contribution in [2.75, 3.05) is 32.7 Å². The van der Waals surface area contributed by atoms with E-state index in [1.807, 2.05) is 6.07 Å². The maximum Gasteiger partial charge on any atom is 0.252 e. The SMILES string of the molecule is CCc1ccc(S(=O)(=O)N2CCN(CC3CC3)CC2)s1. The van der Waals surface area contributed by atoms with E-state index in [-0.39, 0.29) is 0 Å². The van der Waals surface area contributed by atoms with Crippen LogP contribution >= 0.6 is 11.3 Å². The second kappa shape index (κ2) is 5.75. The van der Waals surface area contributed by atoms with E-state index in [4.69, 9.17) is 0 Å². The maximum absolute atomic E-state index is 12.6. The van der Waals surface area contributed by atoms with Crippen molar-refractivity contribution in [2.24, 2.45) is 5.92 Å². The quantitative estimate of drug-likeness (QED) is 0.835. The van der Waals surface area contributed by atoms with Crippen molar-refractivity contribution in [2.45, 2.75) is 30.4 Å². The minimum Gasteiger partial charge on any atom is -0.300 e. The van der Waals surface area contributed by atoms with Crippen LogP contribution in [0.1, 0.15) is 24.6 Å². The molecule has 0 aromatic carbocycles. The molecule has 1 saturated carbocycles. The summed E-state index contributed by atoms with van der Waals surface area (Å²) in [5, 5.41) is 0. The average Bonchev–Trinajstić information content (AvgIpc) is 3.12. The fourth-order valence-electron chi connectivity index (χ4n) is 2.63. The molecule has 0 amide bonds. The Balaban J connectivity index is 1.63. The van der Waals surface area contributed by atoms with E-state index in [9.17, 15) is 8.42 Å². The van der Waals surface area contributed by atoms with Crippen molar-refractivity contribution < 1.29 is 8.42 Å². The second-order valence-electron chi connectivity index (χ2n) is 5.72. The lowest BCUT2D eigenvalue weighted by molar-refractivity contribution is 0.182. The fourth-order valence-corrected chi connectivity index (χ4v) is 5.50. The molecule has 1 aromatic heterocycles. The molecule has 0 atom stereocenters. The molecule has 4 nitrogen and oxygen atoms in total. The highest BCUT2D eigenvalue weighted by Crippen LogP contribution is 2.30. The maximum atomic E-state index is 12.6. The van der Waals surface area contributed by atoms with Gasteiger partial charge in [-0.25, -0.2) is 8.42 Å². The summed E-state index contributed by atoms with van der Waals surface area (Å²) in [5.41, 5.74) is 0. The molecule has 0 bridgehead atoms. The molecule has 2 aliphatic rings. The number of aryl methyl sites for hydroxylation is 1. The lowest BCUT2D eigenvalue weighted by atomic mass is 10.3. The van der Waals surface area contributed by atoms with Gasteiger partial charge in [0.25, 0.3) is 10.0 Å². The highest BCUT2D eigenvalue weighted by molar-refractivity contribution is 7.91. The first-order valence-electron chi connectivity index (χ1n) is 7.41. The highest BCUT2D eigenvalue weighted by Gasteiger charge is 2.31. The summed E-state index contributed by atoms with van der Waals surface area (Å²) < 4.78 is 27.3. The first-order chi connectivity index (χ1) is 9.59. The number of hydrogen-bond acceptors (Lipinski definition) is 4. The Labute approximate surface area is 125 Å². The van der Waals surface area contributed by atoms with Gasteiger partial charge in [-0.05, 0) is 37.3 Å². The predicted molar refractivity (Wildman–Crippen MR) is 81.6 cm³/mol. The zero-order chi connectivity index (χ0) is 14.2. The Kier molecular flexibility index (Phi) is 4.17. The van der Waals surface area contributed by atoms with Gasteiger partial charge in [-0.2, -0.15) is 4.31 Å². The summed E-state index contributed by atoms with van der Waals surface area (Å²) in [6.45, 7) is 6.23. The summed E-state index contributed by atoms with van der Waals surface area (Å²) in [4.78, 5) is 3.55. The molecule has 1 aliphatic carbocycles. The van der Waals surface area contributed by atoms with Crippen molar-refractivity contribution >= 4 is 21.4 Å². The van der Waals surface area contributed by atoms with Crippen LogP contribution in [0.5, 0.6) is 0 Å². The Morgan fingerprint density at radius 3 is 2.45 bits per heavy atom. The molecular formula is C14H22N2O2S2. The topological polar surface area (TPSA) is 40.6 Å². The summed E-state index contributed by atoms with van der Waals surface area (Å²) in [7, 11) is -3.26. The minimum absolute atomic E-state index is 0.505. The van der Waals surface area contributed by atoms with Crippen LogP contribution in [0.3, 0.4) is 0 Å². The van der Waals surface area contributed by atoms with Crippen molar-refractivity contribution in [3.8, 4) is 0 Å². The van der Waals surface area contributed by atoms with Crippen LogP contribution in [0.15, 0.2) is 16.3 Å². The van der Waals surface area contributed by atoms with Crippen LogP contribution in [0.2, 0.25) is 0 Å². The van der Waals surface area contributed by atoms with E-state index in [2.05, 4.69) is 11.8 Å². The largest absolute Gasteiger partial charge is 0.300 e. The lowest BCUT2D eigenvalue weighted by Gasteiger charge is -2.33. The Bertz CT molecular complexity index is 555. The summed E-state index contributed by atoms with van der Waals surface area (Å²) >= 11 is 1.41. The van der Waals surface area contributed by atoms with Gasteiger partial charge in [0.2, 0.25) is 0 Å². The molecule has 0 unspecified atom stereocenters. The van der Waals surface area contributed by atoms with Crippen molar-refractivity contribution in [1.29, 1.82) is 0 Å². The van der Waals surface area contributed by atoms with Crippen molar-refractivity contribution in [3.63, 3.8) is 0 Å². The molecule has 1 aliphatic heterocycles. The van der Waals surface area contributed by atoms with Crippen molar-refractivity contribution in [3.05, 3.63) is 17.0 Å². The number of rotatable bonds is 5. The Morgan fingerprint density at radius 2 is 1.90 bits per heavy atom. The van der Waals surface area contributed by atoms with E-state index in [0.717, 1.165) is 36.9 Å². The van der Waals surface area contributed by atoms with E-state index in [1.54, 1.807) is 10.4 Å². The van der Waals surface area contributed by atoms with Crippen LogP contribution in [-0.2, 0) is 16.4 Å². The molecular weight excluding hydrogens is 292 g/mol. The second-order valence-corrected chi connectivity index (χ2v) is 9.06. The normalized spacial score (nSPS) is 22.2. The number of nitrogens with zero attached hydrogens (tertiary/aromatic N) is 2. The van der Waals surface area contributed by atoms with Gasteiger partial charge in [0.05, 0.1) is 0 Å². The number of thiophene rings is 1. The molecule has 0 radical (unpaired) electrons. The van der Waals surface area contributed by atoms with Gasteiger partial charge in [-0.15, -0.1) is 11.3 Å². The smallest absolute Gasteiger partial charge is 0.252 e. The molecule has 0 N–H and O–H groups in total. The van der Waals surface area contributed by atoms with Crippen LogP contribution < -0.4 is 0 Å². The van der Waals surface area contributed by atoms with Gasteiger partial charge >= 0.3 is 0 Å². The Hall–Kier alpha value is -0.430. The van der Waals surface area contributed by atoms with Crippen LogP contribution in [0.4, 0.5) is 0 Å². The monoisotopic (exact) mass is 314 g/mol. The van der Waals surface area contributed by atoms with Crippen LogP contribution in [0, 0.1) is 5.92 Å². The standard InChI is InChI=1S/C14H22N2O2S2/c1-2-13-5-6-14(19-13)20(17,18)16-9-7-15(8-10-16)11-12-3-4-12/h5-6,12H,2-4,7-11H2,1H3. The molecule has 112 valence electrons. The molecule has 1 saturated heterocycles. The first-order valence-corrected chi connectivity index (χ1v) is 9.66. The third-order valence-electron chi connectivity index (χ3n) is 4.12. The molecule has 2 heterocycles. The highest BCUT2D eigenvalue weighted by atomic mass is 32.2. The van der Waals surface area contributed by atoms with Crippen LogP contribution in [-0.4, -0.2) is 50.3 Å². The average molecular weight is 314 g/mol. The minimum atomic E-state index is -3.26. The number of sulfonamides is 1. The number of piperazine rings is 1. The van der Waals surface area contributed by atoms with E-state index in [0.29, 0.717) is 17.3 Å². The van der Waals surface area contributed by atoms with Crippen molar-refractivity contribution in [1.82, 2.24) is 9.21 Å². The van der Waals surface area contributed by atoms with E-state index in [1.165, 1.54) is 24.2 Å². The van der Waals surface area contributed by atoms with Gasteiger partial charge in [-0.3, -0.25) is 0 Å². The molecule has 20 heavy (non-hydrogen) atoms. The van der Waals surface area contributed by atoms with Gasteiger partial charge in [0, 0.05) is 37.6 Å². The zero-order valence-electron chi connectivity index (χ0n) is 11.9. The molecule has 1 aromatic rings. The first kappa shape index (κ1) is 14.5. The predicted octanol–water partition coefficient (Wildman–Crippen LogP) is 2.03. The van der Waals surface area contributed by atoms with E-state index < -0.39 is 10.0 Å². The zero-order valence-corrected chi connectivity index (χ0v) is 13.5. The Morgan fingerprint density at radius 1 is 1.20 bits per heavy atom. The molecule has 6 heteroatoms.